The number of oxime groups is 1. The smallest absolute Gasteiger partial charge is 0.356 e. The number of carbonyl (C=O) groups is 3. The van der Waals surface area contributed by atoms with Crippen molar-refractivity contribution < 1.29 is 24.3 Å². The van der Waals surface area contributed by atoms with Crippen LogP contribution in [0.5, 0.6) is 0 Å². The summed E-state index contributed by atoms with van der Waals surface area (Å²) in [6, 6.07) is 17.6. The van der Waals surface area contributed by atoms with Crippen LogP contribution in [0.2, 0.25) is 0 Å². The summed E-state index contributed by atoms with van der Waals surface area (Å²) in [5.74, 6) is -1.79. The van der Waals surface area contributed by atoms with Crippen LogP contribution in [-0.4, -0.2) is 66.0 Å². The third-order valence-corrected chi connectivity index (χ3v) is 10.4. The molecule has 1 fully saturated rings. The van der Waals surface area contributed by atoms with E-state index in [-0.39, 0.29) is 28.0 Å². The van der Waals surface area contributed by atoms with Gasteiger partial charge in [0.15, 0.2) is 22.0 Å². The van der Waals surface area contributed by atoms with E-state index in [1.165, 1.54) is 33.4 Å². The lowest BCUT2D eigenvalue weighted by Crippen LogP contribution is -2.71. The Balaban J connectivity index is 1.33. The van der Waals surface area contributed by atoms with Gasteiger partial charge in [0.2, 0.25) is 0 Å². The fourth-order valence-corrected chi connectivity index (χ4v) is 7.73. The summed E-state index contributed by atoms with van der Waals surface area (Å²) in [7, 11) is 0. The topological polar surface area (TPSA) is 173 Å². The SMILES string of the molecule is Cc1nnc(C(S)=CC2=C(C(=O)OC(c3ccccc3)c3ccccc3)N3C(=O)C(NC(=O)C(=NO)c4csc(N)n4)C3SC2)s1. The molecule has 6 rings (SSSR count). The first-order chi connectivity index (χ1) is 22.2. The average molecular weight is 692 g/mol. The Hall–Kier alpha value is -4.51. The van der Waals surface area contributed by atoms with Crippen molar-refractivity contribution in [3.8, 4) is 0 Å². The Labute approximate surface area is 280 Å². The van der Waals surface area contributed by atoms with Crippen molar-refractivity contribution in [2.75, 3.05) is 11.5 Å². The van der Waals surface area contributed by atoms with Crippen molar-refractivity contribution in [2.24, 2.45) is 5.16 Å². The molecule has 12 nitrogen and oxygen atoms in total. The molecule has 2 unspecified atom stereocenters. The number of esters is 1. The summed E-state index contributed by atoms with van der Waals surface area (Å²) in [5.41, 5.74) is 7.38. The van der Waals surface area contributed by atoms with Crippen LogP contribution in [0.3, 0.4) is 0 Å². The highest BCUT2D eigenvalue weighted by Crippen LogP contribution is 2.43. The van der Waals surface area contributed by atoms with Crippen molar-refractivity contribution in [1.29, 1.82) is 0 Å². The third kappa shape index (κ3) is 6.28. The maximum atomic E-state index is 14.2. The molecule has 0 saturated carbocycles. The average Bonchev–Trinajstić information content (AvgIpc) is 3.71. The molecular formula is C30H25N7O5S4. The van der Waals surface area contributed by atoms with Gasteiger partial charge >= 0.3 is 5.97 Å². The van der Waals surface area contributed by atoms with Gasteiger partial charge < -0.3 is 21.0 Å². The number of nitrogens with zero attached hydrogens (tertiary/aromatic N) is 5. The van der Waals surface area contributed by atoms with E-state index in [4.69, 9.17) is 10.5 Å². The number of ether oxygens (including phenoxy) is 1. The lowest BCUT2D eigenvalue weighted by molar-refractivity contribution is -0.154. The van der Waals surface area contributed by atoms with Gasteiger partial charge in [0.05, 0.1) is 0 Å². The molecule has 234 valence electrons. The van der Waals surface area contributed by atoms with Crippen LogP contribution < -0.4 is 11.1 Å². The number of hydrogen-bond donors (Lipinski definition) is 4. The van der Waals surface area contributed by atoms with Gasteiger partial charge in [-0.3, -0.25) is 14.5 Å². The van der Waals surface area contributed by atoms with Crippen molar-refractivity contribution in [3.05, 3.63) is 110 Å². The largest absolute Gasteiger partial charge is 0.448 e. The minimum Gasteiger partial charge on any atom is -0.448 e. The Morgan fingerprint density at radius 2 is 1.83 bits per heavy atom. The van der Waals surface area contributed by atoms with Crippen molar-refractivity contribution >= 4 is 80.6 Å². The number of amides is 2. The molecular weight excluding hydrogens is 667 g/mol. The van der Waals surface area contributed by atoms with Gasteiger partial charge in [-0.05, 0) is 29.7 Å². The molecule has 2 aliphatic heterocycles. The number of β-lactam (4-membered cyclic amide) rings is 1. The summed E-state index contributed by atoms with van der Waals surface area (Å²) in [6.45, 7) is 1.82. The van der Waals surface area contributed by atoms with E-state index in [1.807, 2.05) is 67.6 Å². The molecule has 46 heavy (non-hydrogen) atoms. The zero-order chi connectivity index (χ0) is 32.4. The quantitative estimate of drug-likeness (QED) is 0.0502. The molecule has 0 spiro atoms. The van der Waals surface area contributed by atoms with E-state index in [9.17, 15) is 19.6 Å². The molecule has 0 radical (unpaired) electrons. The molecule has 2 amide bonds. The van der Waals surface area contributed by atoms with Gasteiger partial charge in [-0.1, -0.05) is 77.2 Å². The number of aromatic nitrogens is 3. The summed E-state index contributed by atoms with van der Waals surface area (Å²) >= 11 is 8.38. The number of anilines is 1. The van der Waals surface area contributed by atoms with Gasteiger partial charge in [0, 0.05) is 16.0 Å². The van der Waals surface area contributed by atoms with Crippen LogP contribution in [0.15, 0.2) is 88.5 Å². The summed E-state index contributed by atoms with van der Waals surface area (Å²) in [6.07, 6.45) is 0.924. The number of thiol groups is 1. The minimum absolute atomic E-state index is 0.0345. The van der Waals surface area contributed by atoms with Gasteiger partial charge in [-0.2, -0.15) is 0 Å². The molecule has 0 aliphatic carbocycles. The number of hydrogen-bond acceptors (Lipinski definition) is 14. The second kappa shape index (κ2) is 13.5. The van der Waals surface area contributed by atoms with Crippen LogP contribution in [0.1, 0.15) is 32.9 Å². The fourth-order valence-electron chi connectivity index (χ4n) is 4.94. The number of carbonyl (C=O) groups excluding carboxylic acids is 3. The van der Waals surface area contributed by atoms with E-state index < -0.39 is 35.3 Å². The molecule has 16 heteroatoms. The van der Waals surface area contributed by atoms with E-state index in [2.05, 4.69) is 38.3 Å². The highest BCUT2D eigenvalue weighted by atomic mass is 32.2. The van der Waals surface area contributed by atoms with E-state index >= 15 is 0 Å². The predicted molar refractivity (Wildman–Crippen MR) is 179 cm³/mol. The molecule has 2 aromatic heterocycles. The number of nitrogen functional groups attached to an aromatic ring is 1. The Morgan fingerprint density at radius 1 is 1.15 bits per heavy atom. The van der Waals surface area contributed by atoms with E-state index in [0.717, 1.165) is 27.5 Å². The number of rotatable bonds is 9. The highest BCUT2D eigenvalue weighted by Gasteiger charge is 2.55. The fraction of sp³-hybridized carbons (Fsp3) is 0.167. The van der Waals surface area contributed by atoms with Crippen LogP contribution in [0.25, 0.3) is 4.91 Å². The zero-order valence-corrected chi connectivity index (χ0v) is 27.3. The van der Waals surface area contributed by atoms with Crippen LogP contribution in [0, 0.1) is 6.92 Å². The molecule has 2 atom stereocenters. The zero-order valence-electron chi connectivity index (χ0n) is 23.9. The Kier molecular flexibility index (Phi) is 9.21. The molecule has 2 aliphatic rings. The van der Waals surface area contributed by atoms with E-state index in [1.54, 1.807) is 6.08 Å². The second-order valence-corrected chi connectivity index (χ2v) is 13.7. The first-order valence-electron chi connectivity index (χ1n) is 13.7. The predicted octanol–water partition coefficient (Wildman–Crippen LogP) is 4.02. The lowest BCUT2D eigenvalue weighted by Gasteiger charge is -2.49. The van der Waals surface area contributed by atoms with Crippen LogP contribution in [-0.2, 0) is 19.1 Å². The molecule has 4 heterocycles. The van der Waals surface area contributed by atoms with Crippen molar-refractivity contribution in [1.82, 2.24) is 25.4 Å². The summed E-state index contributed by atoms with van der Waals surface area (Å²) in [5, 5.41) is 25.7. The number of nitrogens with two attached hydrogens (primary N) is 1. The molecule has 1 saturated heterocycles. The summed E-state index contributed by atoms with van der Waals surface area (Å²) < 4.78 is 6.18. The number of aryl methyl sites for hydroxylation is 1. The van der Waals surface area contributed by atoms with Gasteiger partial charge in [-0.25, -0.2) is 9.78 Å². The Bertz CT molecular complexity index is 1850. The minimum atomic E-state index is -1.01. The first kappa shape index (κ1) is 31.5. The van der Waals surface area contributed by atoms with Crippen molar-refractivity contribution in [3.63, 3.8) is 0 Å². The van der Waals surface area contributed by atoms with Crippen LogP contribution >= 0.6 is 47.1 Å². The molecule has 4 aromatic rings. The second-order valence-electron chi connectivity index (χ2n) is 10.0. The van der Waals surface area contributed by atoms with E-state index in [0.29, 0.717) is 15.5 Å². The number of allylic oxidation sites excluding steroid dienone is 1. The molecule has 4 N–H and O–H groups in total. The van der Waals surface area contributed by atoms with Gasteiger partial charge in [0.1, 0.15) is 27.8 Å². The maximum Gasteiger partial charge on any atom is 0.356 e. The standard InChI is InChI=1S/C30H25N7O5S4/c1-15-34-35-26(46-15)20(43)12-18-13-44-28-22(33-25(38)21(36-41)19-14-45-30(31)32-19)27(39)37(28)23(18)29(40)42-24(16-8-4-2-5-9-16)17-10-6-3-7-11-17/h2-12,14,22,24,28,41,43H,13H2,1H3,(H2,31,32)(H,33,38). The first-order valence-corrected chi connectivity index (χ1v) is 16.9. The highest BCUT2D eigenvalue weighted by molar-refractivity contribution is 8.00. The summed E-state index contributed by atoms with van der Waals surface area (Å²) in [4.78, 5) is 46.7. The van der Waals surface area contributed by atoms with Gasteiger partial charge in [-0.15, -0.1) is 45.9 Å². The number of thioether (sulfide) groups is 1. The molecule has 2 aromatic carbocycles. The third-order valence-electron chi connectivity index (χ3n) is 7.04. The normalized spacial score (nSPS) is 18.3. The number of benzene rings is 2. The maximum absolute atomic E-state index is 14.2. The Morgan fingerprint density at radius 3 is 2.39 bits per heavy atom. The number of nitrogens with one attached hydrogen (secondary N) is 1. The monoisotopic (exact) mass is 691 g/mol. The lowest BCUT2D eigenvalue weighted by atomic mass is 10.0. The van der Waals surface area contributed by atoms with Crippen molar-refractivity contribution in [2.45, 2.75) is 24.4 Å². The molecule has 0 bridgehead atoms. The number of thiazole rings is 1. The number of fused-ring (bicyclic) bond motifs is 1. The van der Waals surface area contributed by atoms with Crippen LogP contribution in [0.4, 0.5) is 5.13 Å². The van der Waals surface area contributed by atoms with Gasteiger partial charge in [0.25, 0.3) is 11.8 Å².